The van der Waals surface area contributed by atoms with Crippen LogP contribution < -0.4 is 14.4 Å². The van der Waals surface area contributed by atoms with E-state index in [1.807, 2.05) is 13.8 Å². The van der Waals surface area contributed by atoms with Crippen molar-refractivity contribution in [1.29, 1.82) is 0 Å². The summed E-state index contributed by atoms with van der Waals surface area (Å²) in [5.74, 6) is -0.0325. The molecule has 1 N–H and O–H groups in total. The molecule has 1 atom stereocenters. The molecule has 30 heavy (non-hydrogen) atoms. The molecule has 1 heterocycles. The topological polar surface area (TPSA) is 84.9 Å². The molecule has 3 rings (SSSR count). The van der Waals surface area contributed by atoms with Crippen LogP contribution in [-0.4, -0.2) is 46.2 Å². The number of nitrogens with zero attached hydrogens (tertiary/aromatic N) is 1. The first kappa shape index (κ1) is 22.4. The van der Waals surface area contributed by atoms with Gasteiger partial charge in [-0.15, -0.1) is 0 Å². The standard InChI is InChI=1S/C21H25ClN2O5S/c1-15(2)28-13-5-12-23-21(25)20-14-24(18-6-3-4-7-19(18)29-20)30(26,27)17-10-8-16(22)9-11-17/h3-4,6-11,15,20H,5,12-14H2,1-2H3,(H,23,25). The average molecular weight is 453 g/mol. The van der Waals surface area contributed by atoms with Gasteiger partial charge in [0.25, 0.3) is 15.9 Å². The van der Waals surface area contributed by atoms with Gasteiger partial charge in [-0.25, -0.2) is 8.42 Å². The molecule has 0 bridgehead atoms. The van der Waals surface area contributed by atoms with Crippen molar-refractivity contribution in [2.75, 3.05) is 24.0 Å². The molecule has 0 fully saturated rings. The lowest BCUT2D eigenvalue weighted by Crippen LogP contribution is -2.50. The Morgan fingerprint density at radius 2 is 1.93 bits per heavy atom. The molecule has 162 valence electrons. The van der Waals surface area contributed by atoms with Crippen LogP contribution >= 0.6 is 11.6 Å². The summed E-state index contributed by atoms with van der Waals surface area (Å²) in [7, 11) is -3.90. The Morgan fingerprint density at radius 3 is 2.63 bits per heavy atom. The lowest BCUT2D eigenvalue weighted by atomic mass is 10.2. The molecule has 0 aliphatic carbocycles. The molecule has 7 nitrogen and oxygen atoms in total. The molecule has 0 aromatic heterocycles. The number of benzene rings is 2. The Hall–Kier alpha value is -2.29. The zero-order valence-corrected chi connectivity index (χ0v) is 18.4. The Labute approximate surface area is 182 Å². The number of hydrogen-bond donors (Lipinski definition) is 1. The van der Waals surface area contributed by atoms with Crippen LogP contribution in [0, 0.1) is 0 Å². The second-order valence-corrected chi connectivity index (χ2v) is 9.43. The van der Waals surface area contributed by atoms with Crippen molar-refractivity contribution < 1.29 is 22.7 Å². The zero-order valence-electron chi connectivity index (χ0n) is 16.9. The normalized spacial score (nSPS) is 16.1. The van der Waals surface area contributed by atoms with Gasteiger partial charge in [-0.1, -0.05) is 23.7 Å². The number of rotatable bonds is 8. The third-order valence-electron chi connectivity index (χ3n) is 4.50. The third-order valence-corrected chi connectivity index (χ3v) is 6.55. The van der Waals surface area contributed by atoms with Crippen molar-refractivity contribution in [2.45, 2.75) is 37.4 Å². The Morgan fingerprint density at radius 1 is 1.23 bits per heavy atom. The van der Waals surface area contributed by atoms with E-state index in [2.05, 4.69) is 5.32 Å². The summed E-state index contributed by atoms with van der Waals surface area (Å²) >= 11 is 5.89. The van der Waals surface area contributed by atoms with Crippen LogP contribution in [0.3, 0.4) is 0 Å². The van der Waals surface area contributed by atoms with Crippen LogP contribution in [0.25, 0.3) is 0 Å². The van der Waals surface area contributed by atoms with Crippen molar-refractivity contribution in [3.8, 4) is 5.75 Å². The van der Waals surface area contributed by atoms with E-state index in [1.54, 1.807) is 24.3 Å². The number of hydrogen-bond acceptors (Lipinski definition) is 5. The van der Waals surface area contributed by atoms with E-state index in [0.29, 0.717) is 36.0 Å². The highest BCUT2D eigenvalue weighted by molar-refractivity contribution is 7.92. The van der Waals surface area contributed by atoms with Gasteiger partial charge < -0.3 is 14.8 Å². The number of halogens is 1. The molecular formula is C21H25ClN2O5S. The molecule has 0 saturated carbocycles. The van der Waals surface area contributed by atoms with Gasteiger partial charge in [0.1, 0.15) is 5.75 Å². The highest BCUT2D eigenvalue weighted by Crippen LogP contribution is 2.36. The van der Waals surface area contributed by atoms with E-state index in [4.69, 9.17) is 21.1 Å². The average Bonchev–Trinajstić information content (AvgIpc) is 2.72. The number of carbonyl (C=O) groups is 1. The summed E-state index contributed by atoms with van der Waals surface area (Å²) < 4.78 is 39.0. The quantitative estimate of drug-likeness (QED) is 0.621. The Bertz CT molecular complexity index is 979. The monoisotopic (exact) mass is 452 g/mol. The van der Waals surface area contributed by atoms with Crippen LogP contribution in [0.5, 0.6) is 5.75 Å². The number of ether oxygens (including phenoxy) is 2. The molecule has 1 aliphatic heterocycles. The minimum Gasteiger partial charge on any atom is -0.476 e. The maximum Gasteiger partial charge on any atom is 0.264 e. The largest absolute Gasteiger partial charge is 0.476 e. The molecule has 1 amide bonds. The van der Waals surface area contributed by atoms with Gasteiger partial charge in [-0.3, -0.25) is 9.10 Å². The Kier molecular flexibility index (Phi) is 7.23. The van der Waals surface area contributed by atoms with E-state index in [0.717, 1.165) is 0 Å². The van der Waals surface area contributed by atoms with Crippen molar-refractivity contribution in [3.05, 3.63) is 53.6 Å². The van der Waals surface area contributed by atoms with E-state index in [1.165, 1.54) is 28.6 Å². The van der Waals surface area contributed by atoms with E-state index in [9.17, 15) is 13.2 Å². The molecule has 2 aromatic rings. The molecule has 2 aromatic carbocycles. The van der Waals surface area contributed by atoms with E-state index < -0.39 is 16.1 Å². The highest BCUT2D eigenvalue weighted by Gasteiger charge is 2.37. The van der Waals surface area contributed by atoms with E-state index >= 15 is 0 Å². The van der Waals surface area contributed by atoms with Crippen LogP contribution in [0.1, 0.15) is 20.3 Å². The van der Waals surface area contributed by atoms with Gasteiger partial charge in [0.15, 0.2) is 6.10 Å². The zero-order chi connectivity index (χ0) is 21.7. The van der Waals surface area contributed by atoms with Gasteiger partial charge in [0.2, 0.25) is 0 Å². The second kappa shape index (κ2) is 9.68. The molecule has 1 aliphatic rings. The molecule has 0 spiro atoms. The molecule has 0 radical (unpaired) electrons. The maximum absolute atomic E-state index is 13.3. The van der Waals surface area contributed by atoms with Crippen LogP contribution in [-0.2, 0) is 19.6 Å². The lowest BCUT2D eigenvalue weighted by molar-refractivity contribution is -0.127. The summed E-state index contributed by atoms with van der Waals surface area (Å²) in [5, 5.41) is 3.23. The summed E-state index contributed by atoms with van der Waals surface area (Å²) in [6, 6.07) is 12.7. The molecule has 1 unspecified atom stereocenters. The van der Waals surface area contributed by atoms with Gasteiger partial charge in [-0.2, -0.15) is 0 Å². The highest BCUT2D eigenvalue weighted by atomic mass is 35.5. The van der Waals surface area contributed by atoms with Crippen molar-refractivity contribution in [1.82, 2.24) is 5.32 Å². The molecular weight excluding hydrogens is 428 g/mol. The summed E-state index contributed by atoms with van der Waals surface area (Å²) in [4.78, 5) is 12.7. The number of anilines is 1. The van der Waals surface area contributed by atoms with Crippen LogP contribution in [0.15, 0.2) is 53.4 Å². The fourth-order valence-corrected chi connectivity index (χ4v) is 4.62. The first-order valence-corrected chi connectivity index (χ1v) is 11.5. The number of sulfonamides is 1. The predicted molar refractivity (Wildman–Crippen MR) is 116 cm³/mol. The lowest BCUT2D eigenvalue weighted by Gasteiger charge is -2.34. The smallest absolute Gasteiger partial charge is 0.264 e. The van der Waals surface area contributed by atoms with Gasteiger partial charge in [-0.05, 0) is 56.7 Å². The number of para-hydroxylation sites is 2. The minimum absolute atomic E-state index is 0.0913. The van der Waals surface area contributed by atoms with Crippen LogP contribution in [0.4, 0.5) is 5.69 Å². The third kappa shape index (κ3) is 5.24. The number of amides is 1. The first-order valence-electron chi connectivity index (χ1n) is 9.72. The summed E-state index contributed by atoms with van der Waals surface area (Å²) in [5.41, 5.74) is 0.391. The van der Waals surface area contributed by atoms with Crippen molar-refractivity contribution >= 4 is 33.2 Å². The van der Waals surface area contributed by atoms with Gasteiger partial charge in [0.05, 0.1) is 23.2 Å². The molecule has 9 heteroatoms. The fraction of sp³-hybridized carbons (Fsp3) is 0.381. The van der Waals surface area contributed by atoms with E-state index in [-0.39, 0.29) is 23.5 Å². The fourth-order valence-electron chi connectivity index (χ4n) is 3.02. The molecule has 0 saturated heterocycles. The Balaban J connectivity index is 1.77. The van der Waals surface area contributed by atoms with Gasteiger partial charge >= 0.3 is 0 Å². The minimum atomic E-state index is -3.90. The summed E-state index contributed by atoms with van der Waals surface area (Å²) in [6.07, 6.45) is -0.182. The number of nitrogens with one attached hydrogen (secondary N) is 1. The predicted octanol–water partition coefficient (Wildman–Crippen LogP) is 3.23. The number of fused-ring (bicyclic) bond motifs is 1. The van der Waals surface area contributed by atoms with Gasteiger partial charge in [0, 0.05) is 18.2 Å². The maximum atomic E-state index is 13.3. The van der Waals surface area contributed by atoms with Crippen LogP contribution in [0.2, 0.25) is 5.02 Å². The SMILES string of the molecule is CC(C)OCCCNC(=O)C1CN(S(=O)(=O)c2ccc(Cl)cc2)c2ccccc2O1. The number of carbonyl (C=O) groups excluding carboxylic acids is 1. The van der Waals surface area contributed by atoms with Crippen molar-refractivity contribution in [3.63, 3.8) is 0 Å². The van der Waals surface area contributed by atoms with Crippen molar-refractivity contribution in [2.24, 2.45) is 0 Å². The first-order chi connectivity index (χ1) is 14.3. The summed E-state index contributed by atoms with van der Waals surface area (Å²) in [6.45, 7) is 4.71. The second-order valence-electron chi connectivity index (χ2n) is 7.13.